The third-order valence-electron chi connectivity index (χ3n) is 3.21. The van der Waals surface area contributed by atoms with Crippen LogP contribution in [0.3, 0.4) is 0 Å². The average Bonchev–Trinajstić information content (AvgIpc) is 2.47. The van der Waals surface area contributed by atoms with E-state index in [9.17, 15) is 9.90 Å². The molecule has 2 N–H and O–H groups in total. The molecule has 8 heteroatoms. The van der Waals surface area contributed by atoms with Crippen molar-refractivity contribution in [2.75, 3.05) is 10.2 Å². The molecule has 1 aromatic heterocycles. The highest BCUT2D eigenvalue weighted by Crippen LogP contribution is 2.26. The number of nitrogens with zero attached hydrogens (tertiary/aromatic N) is 3. The molecular formula is C16H18Cl2N4O2. The fraction of sp³-hybridized carbons (Fsp3) is 0.312. The Bertz CT molecular complexity index is 747. The molecule has 0 saturated heterocycles. The fourth-order valence-corrected chi connectivity index (χ4v) is 2.54. The zero-order valence-electron chi connectivity index (χ0n) is 13.5. The summed E-state index contributed by atoms with van der Waals surface area (Å²) in [5.41, 5.74) is 0.927. The smallest absolute Gasteiger partial charge is 0.412 e. The maximum Gasteiger partial charge on any atom is 0.412 e. The van der Waals surface area contributed by atoms with Gasteiger partial charge in [0.05, 0.1) is 6.20 Å². The summed E-state index contributed by atoms with van der Waals surface area (Å²) in [6.07, 6.45) is 0.416. The highest BCUT2D eigenvalue weighted by molar-refractivity contribution is 6.33. The Morgan fingerprint density at radius 3 is 2.67 bits per heavy atom. The molecule has 0 aliphatic heterocycles. The molecule has 128 valence electrons. The average molecular weight is 369 g/mol. The summed E-state index contributed by atoms with van der Waals surface area (Å²) in [5, 5.41) is 13.0. The van der Waals surface area contributed by atoms with Gasteiger partial charge in [-0.05, 0) is 50.1 Å². The summed E-state index contributed by atoms with van der Waals surface area (Å²) in [6.45, 7) is 5.94. The molecule has 0 unspecified atom stereocenters. The van der Waals surface area contributed by atoms with Crippen molar-refractivity contribution < 1.29 is 9.90 Å². The zero-order valence-corrected chi connectivity index (χ0v) is 15.1. The van der Waals surface area contributed by atoms with Gasteiger partial charge >= 0.3 is 6.09 Å². The molecule has 0 saturated carbocycles. The maximum atomic E-state index is 11.6. The molecule has 1 aromatic carbocycles. The van der Waals surface area contributed by atoms with E-state index in [1.807, 2.05) is 39.0 Å². The Labute approximate surface area is 150 Å². The first-order valence-electron chi connectivity index (χ1n) is 7.22. The number of rotatable bonds is 4. The third kappa shape index (κ3) is 4.49. The van der Waals surface area contributed by atoms with Crippen molar-refractivity contribution in [1.82, 2.24) is 9.97 Å². The van der Waals surface area contributed by atoms with Crippen LogP contribution in [0.4, 0.5) is 16.3 Å². The van der Waals surface area contributed by atoms with E-state index >= 15 is 0 Å². The van der Waals surface area contributed by atoms with Gasteiger partial charge in [0.1, 0.15) is 10.8 Å². The molecule has 0 bridgehead atoms. The van der Waals surface area contributed by atoms with E-state index < -0.39 is 11.6 Å². The van der Waals surface area contributed by atoms with E-state index in [4.69, 9.17) is 23.2 Å². The monoisotopic (exact) mass is 368 g/mol. The van der Waals surface area contributed by atoms with Crippen molar-refractivity contribution in [3.63, 3.8) is 0 Å². The molecule has 6 nitrogen and oxygen atoms in total. The van der Waals surface area contributed by atoms with Gasteiger partial charge < -0.3 is 10.4 Å². The predicted octanol–water partition coefficient (Wildman–Crippen LogP) is 4.68. The van der Waals surface area contributed by atoms with Crippen molar-refractivity contribution in [3.05, 3.63) is 46.3 Å². The van der Waals surface area contributed by atoms with Crippen molar-refractivity contribution in [1.29, 1.82) is 0 Å². The van der Waals surface area contributed by atoms with Gasteiger partial charge in [0.25, 0.3) is 0 Å². The van der Waals surface area contributed by atoms with Crippen molar-refractivity contribution >= 4 is 40.8 Å². The van der Waals surface area contributed by atoms with Crippen LogP contribution in [0.1, 0.15) is 26.3 Å². The van der Waals surface area contributed by atoms with E-state index in [1.54, 1.807) is 6.07 Å². The highest BCUT2D eigenvalue weighted by Gasteiger charge is 2.27. The molecule has 0 aliphatic carbocycles. The fourth-order valence-electron chi connectivity index (χ4n) is 2.25. The number of amides is 1. The Balaban J connectivity index is 2.21. The second-order valence-corrected chi connectivity index (χ2v) is 6.89. The van der Waals surface area contributed by atoms with E-state index in [0.29, 0.717) is 23.1 Å². The minimum Gasteiger partial charge on any atom is -0.465 e. The van der Waals surface area contributed by atoms with Gasteiger partial charge in [-0.3, -0.25) is 4.90 Å². The van der Waals surface area contributed by atoms with Crippen molar-refractivity contribution in [3.8, 4) is 0 Å². The van der Waals surface area contributed by atoms with Crippen LogP contribution in [0.25, 0.3) is 0 Å². The molecule has 1 amide bonds. The molecule has 24 heavy (non-hydrogen) atoms. The number of carbonyl (C=O) groups is 1. The Hall–Kier alpha value is -2.05. The van der Waals surface area contributed by atoms with Gasteiger partial charge in [0, 0.05) is 17.8 Å². The second kappa shape index (κ2) is 7.23. The standard InChI is InChI=1S/C16H18Cl2N4O2/c1-16(2,3)22(15(23)24)11-6-4-5-10(7-11)8-19-13-12(17)9-20-14(18)21-13/h4-7,9H,8H2,1-3H3,(H,23,24)(H,19,20,21). The number of nitrogens with one attached hydrogen (secondary N) is 1. The van der Waals surface area contributed by atoms with Crippen LogP contribution in [0.2, 0.25) is 10.3 Å². The number of benzene rings is 1. The lowest BCUT2D eigenvalue weighted by atomic mass is 10.0. The van der Waals surface area contributed by atoms with Crippen LogP contribution < -0.4 is 10.2 Å². The van der Waals surface area contributed by atoms with Crippen LogP contribution in [-0.2, 0) is 6.54 Å². The molecule has 0 atom stereocenters. The van der Waals surface area contributed by atoms with Crippen LogP contribution in [0.5, 0.6) is 0 Å². The lowest BCUT2D eigenvalue weighted by molar-refractivity contribution is 0.195. The molecule has 0 radical (unpaired) electrons. The van der Waals surface area contributed by atoms with Gasteiger partial charge in [-0.2, -0.15) is 4.98 Å². The van der Waals surface area contributed by atoms with Gasteiger partial charge in [-0.15, -0.1) is 0 Å². The highest BCUT2D eigenvalue weighted by atomic mass is 35.5. The topological polar surface area (TPSA) is 78.4 Å². The summed E-state index contributed by atoms with van der Waals surface area (Å²) < 4.78 is 0. The van der Waals surface area contributed by atoms with Gasteiger partial charge in [0.15, 0.2) is 0 Å². The molecule has 2 rings (SSSR count). The minimum atomic E-state index is -1.00. The molecular weight excluding hydrogens is 351 g/mol. The second-order valence-electron chi connectivity index (χ2n) is 6.15. The SMILES string of the molecule is CC(C)(C)N(C(=O)O)c1cccc(CNc2nc(Cl)ncc2Cl)c1. The van der Waals surface area contributed by atoms with Crippen LogP contribution in [0, 0.1) is 0 Å². The largest absolute Gasteiger partial charge is 0.465 e. The van der Waals surface area contributed by atoms with Crippen LogP contribution in [0.15, 0.2) is 30.5 Å². The summed E-state index contributed by atoms with van der Waals surface area (Å²) in [4.78, 5) is 20.7. The molecule has 1 heterocycles. The van der Waals surface area contributed by atoms with Crippen LogP contribution >= 0.6 is 23.2 Å². The Morgan fingerprint density at radius 1 is 1.33 bits per heavy atom. The summed E-state index contributed by atoms with van der Waals surface area (Å²) in [5.74, 6) is 0.424. The van der Waals surface area contributed by atoms with E-state index in [-0.39, 0.29) is 5.28 Å². The summed E-state index contributed by atoms with van der Waals surface area (Å²) in [7, 11) is 0. The number of hydrogen-bond acceptors (Lipinski definition) is 4. The van der Waals surface area contributed by atoms with Gasteiger partial charge in [0.2, 0.25) is 5.28 Å². The summed E-state index contributed by atoms with van der Waals surface area (Å²) >= 11 is 11.8. The lowest BCUT2D eigenvalue weighted by Crippen LogP contribution is -2.45. The predicted molar refractivity (Wildman–Crippen MR) is 96.1 cm³/mol. The Morgan fingerprint density at radius 2 is 2.04 bits per heavy atom. The molecule has 0 spiro atoms. The van der Waals surface area contributed by atoms with E-state index in [0.717, 1.165) is 5.56 Å². The first kappa shape index (κ1) is 18.3. The molecule has 0 aliphatic rings. The Kier molecular flexibility index (Phi) is 5.51. The molecule has 0 fully saturated rings. The van der Waals surface area contributed by atoms with Crippen molar-refractivity contribution in [2.45, 2.75) is 32.9 Å². The van der Waals surface area contributed by atoms with Gasteiger partial charge in [-0.25, -0.2) is 9.78 Å². The quantitative estimate of drug-likeness (QED) is 0.766. The van der Waals surface area contributed by atoms with E-state index in [2.05, 4.69) is 15.3 Å². The van der Waals surface area contributed by atoms with Crippen molar-refractivity contribution in [2.24, 2.45) is 0 Å². The zero-order chi connectivity index (χ0) is 17.9. The van der Waals surface area contributed by atoms with Crippen LogP contribution in [-0.4, -0.2) is 26.7 Å². The minimum absolute atomic E-state index is 0.0976. The maximum absolute atomic E-state index is 11.6. The number of carboxylic acid groups (broad SMARTS) is 1. The number of hydrogen-bond donors (Lipinski definition) is 2. The third-order valence-corrected chi connectivity index (χ3v) is 3.66. The lowest BCUT2D eigenvalue weighted by Gasteiger charge is -2.33. The summed E-state index contributed by atoms with van der Waals surface area (Å²) in [6, 6.07) is 7.26. The number of halogens is 2. The molecule has 2 aromatic rings. The normalized spacial score (nSPS) is 11.2. The number of aromatic nitrogens is 2. The first-order chi connectivity index (χ1) is 11.2. The first-order valence-corrected chi connectivity index (χ1v) is 7.98. The van der Waals surface area contributed by atoms with E-state index in [1.165, 1.54) is 11.1 Å². The van der Waals surface area contributed by atoms with Gasteiger partial charge in [-0.1, -0.05) is 23.7 Å². The number of anilines is 2.